The van der Waals surface area contributed by atoms with Gasteiger partial charge < -0.3 is 28.7 Å². The molecule has 15 heavy (non-hydrogen) atoms. The van der Waals surface area contributed by atoms with Crippen LogP contribution >= 0.6 is 0 Å². The number of hydrogen-bond donors (Lipinski definition) is 0. The summed E-state index contributed by atoms with van der Waals surface area (Å²) in [6.45, 7) is 8.46. The third-order valence-electron chi connectivity index (χ3n) is 2.53. The van der Waals surface area contributed by atoms with Crippen molar-refractivity contribution in [3.63, 3.8) is 0 Å². The van der Waals surface area contributed by atoms with Crippen LogP contribution in [-0.2, 0) is 9.53 Å². The van der Waals surface area contributed by atoms with E-state index in [1.165, 1.54) is 6.08 Å². The standard InChI is InChI=1S/C11H22NO2.HI/c1-6-8-9-12(4,5)10(3)14-11(13)7-2;/h7,10H,2,6,8-9H2,1,3-5H3;1H/q+1;/p-1. The monoisotopic (exact) mass is 327 g/mol. The van der Waals surface area contributed by atoms with Gasteiger partial charge in [0.2, 0.25) is 6.23 Å². The molecule has 0 aliphatic heterocycles. The molecule has 0 radical (unpaired) electrons. The molecule has 0 N–H and O–H groups in total. The number of carbonyl (C=O) groups excluding carboxylic acids is 1. The summed E-state index contributed by atoms with van der Waals surface area (Å²) < 4.78 is 5.88. The summed E-state index contributed by atoms with van der Waals surface area (Å²) in [5.41, 5.74) is 0. The highest BCUT2D eigenvalue weighted by molar-refractivity contribution is 5.81. The lowest BCUT2D eigenvalue weighted by molar-refractivity contribution is -0.932. The fraction of sp³-hybridized carbons (Fsp3) is 0.727. The molecular weight excluding hydrogens is 305 g/mol. The fourth-order valence-corrected chi connectivity index (χ4v) is 1.11. The lowest BCUT2D eigenvalue weighted by atomic mass is 10.3. The van der Waals surface area contributed by atoms with Crippen molar-refractivity contribution in [1.82, 2.24) is 0 Å². The molecule has 0 heterocycles. The summed E-state index contributed by atoms with van der Waals surface area (Å²) in [4.78, 5) is 11.0. The van der Waals surface area contributed by atoms with Gasteiger partial charge in [0.1, 0.15) is 0 Å². The Hall–Kier alpha value is -0.100. The number of halogens is 1. The zero-order valence-corrected chi connectivity index (χ0v) is 12.3. The Bertz CT molecular complexity index is 205. The Morgan fingerprint density at radius 3 is 2.47 bits per heavy atom. The third kappa shape index (κ3) is 6.89. The average molecular weight is 327 g/mol. The van der Waals surface area contributed by atoms with Crippen molar-refractivity contribution in [2.24, 2.45) is 0 Å². The van der Waals surface area contributed by atoms with E-state index in [2.05, 4.69) is 27.6 Å². The van der Waals surface area contributed by atoms with Crippen LogP contribution in [0.1, 0.15) is 26.7 Å². The molecule has 0 saturated heterocycles. The van der Waals surface area contributed by atoms with Gasteiger partial charge in [0.15, 0.2) is 0 Å². The van der Waals surface area contributed by atoms with Crippen molar-refractivity contribution in [3.05, 3.63) is 12.7 Å². The normalized spacial score (nSPS) is 12.5. The van der Waals surface area contributed by atoms with Crippen molar-refractivity contribution in [3.8, 4) is 0 Å². The second kappa shape index (κ2) is 8.10. The van der Waals surface area contributed by atoms with Gasteiger partial charge in [-0.2, -0.15) is 0 Å². The van der Waals surface area contributed by atoms with Gasteiger partial charge in [-0.05, 0) is 6.42 Å². The van der Waals surface area contributed by atoms with Crippen LogP contribution in [0.5, 0.6) is 0 Å². The molecule has 0 spiro atoms. The van der Waals surface area contributed by atoms with Gasteiger partial charge in [-0.15, -0.1) is 0 Å². The lowest BCUT2D eigenvalue weighted by Crippen LogP contribution is -3.00. The number of quaternary nitrogens is 1. The maximum atomic E-state index is 11.0. The first-order valence-electron chi connectivity index (χ1n) is 5.09. The minimum atomic E-state index is -0.347. The van der Waals surface area contributed by atoms with Crippen LogP contribution in [-0.4, -0.2) is 37.3 Å². The Kier molecular flexibility index (Phi) is 9.34. The van der Waals surface area contributed by atoms with Crippen LogP contribution in [0.15, 0.2) is 12.7 Å². The number of nitrogens with zero attached hydrogens (tertiary/aromatic N) is 1. The SMILES string of the molecule is C=CC(=O)OC(C)[N+](C)(C)CCCC.[I-]. The smallest absolute Gasteiger partial charge is 0.334 e. The molecule has 1 atom stereocenters. The predicted octanol–water partition coefficient (Wildman–Crippen LogP) is -1.06. The zero-order valence-electron chi connectivity index (χ0n) is 10.1. The van der Waals surface area contributed by atoms with Gasteiger partial charge in [-0.1, -0.05) is 19.9 Å². The van der Waals surface area contributed by atoms with Crippen molar-refractivity contribution in [1.29, 1.82) is 0 Å². The predicted molar refractivity (Wildman–Crippen MR) is 57.6 cm³/mol. The van der Waals surface area contributed by atoms with Crippen LogP contribution in [0.2, 0.25) is 0 Å². The number of carbonyl (C=O) groups is 1. The van der Waals surface area contributed by atoms with Crippen molar-refractivity contribution in [2.75, 3.05) is 20.6 Å². The van der Waals surface area contributed by atoms with Gasteiger partial charge >= 0.3 is 5.97 Å². The fourth-order valence-electron chi connectivity index (χ4n) is 1.11. The van der Waals surface area contributed by atoms with E-state index in [0.717, 1.165) is 19.4 Å². The maximum absolute atomic E-state index is 11.0. The van der Waals surface area contributed by atoms with Crippen LogP contribution in [0, 0.1) is 0 Å². The summed E-state index contributed by atoms with van der Waals surface area (Å²) in [7, 11) is 4.13. The van der Waals surface area contributed by atoms with Gasteiger partial charge in [-0.25, -0.2) is 4.79 Å². The molecule has 0 aromatic heterocycles. The van der Waals surface area contributed by atoms with E-state index in [-0.39, 0.29) is 36.2 Å². The van der Waals surface area contributed by atoms with E-state index in [1.54, 1.807) is 0 Å². The molecule has 0 aromatic carbocycles. The molecule has 0 fully saturated rings. The molecule has 90 valence electrons. The number of unbranched alkanes of at least 4 members (excludes halogenated alkanes) is 1. The van der Waals surface area contributed by atoms with Crippen LogP contribution < -0.4 is 24.0 Å². The van der Waals surface area contributed by atoms with Gasteiger partial charge in [0, 0.05) is 13.0 Å². The van der Waals surface area contributed by atoms with E-state index < -0.39 is 0 Å². The molecule has 0 saturated carbocycles. The average Bonchev–Trinajstić information content (AvgIpc) is 2.14. The Morgan fingerprint density at radius 1 is 1.53 bits per heavy atom. The van der Waals surface area contributed by atoms with Crippen molar-refractivity contribution >= 4 is 5.97 Å². The number of hydrogen-bond acceptors (Lipinski definition) is 2. The Balaban J connectivity index is 0. The topological polar surface area (TPSA) is 26.3 Å². The third-order valence-corrected chi connectivity index (χ3v) is 2.53. The van der Waals surface area contributed by atoms with E-state index in [4.69, 9.17) is 4.74 Å². The lowest BCUT2D eigenvalue weighted by Gasteiger charge is -2.34. The largest absolute Gasteiger partial charge is 1.00 e. The molecule has 0 rings (SSSR count). The minimum absolute atomic E-state index is 0. The molecule has 1 unspecified atom stereocenters. The van der Waals surface area contributed by atoms with Gasteiger partial charge in [0.25, 0.3) is 0 Å². The second-order valence-electron chi connectivity index (χ2n) is 4.10. The quantitative estimate of drug-likeness (QED) is 0.204. The van der Waals surface area contributed by atoms with Gasteiger partial charge in [0.05, 0.1) is 20.6 Å². The highest BCUT2D eigenvalue weighted by atomic mass is 127. The van der Waals surface area contributed by atoms with Crippen molar-refractivity contribution in [2.45, 2.75) is 32.9 Å². The molecule has 0 aliphatic carbocycles. The number of ether oxygens (including phenoxy) is 1. The zero-order chi connectivity index (χ0) is 11.2. The highest BCUT2D eigenvalue weighted by Crippen LogP contribution is 2.10. The van der Waals surface area contributed by atoms with Crippen molar-refractivity contribution < 1.29 is 38.0 Å². The second-order valence-corrected chi connectivity index (χ2v) is 4.10. The first kappa shape index (κ1) is 17.3. The summed E-state index contributed by atoms with van der Waals surface area (Å²) in [5.74, 6) is -0.347. The summed E-state index contributed by atoms with van der Waals surface area (Å²) in [5, 5.41) is 0. The molecule has 0 aliphatic rings. The summed E-state index contributed by atoms with van der Waals surface area (Å²) >= 11 is 0. The Labute approximate surface area is 110 Å². The van der Waals surface area contributed by atoms with Crippen LogP contribution in [0.4, 0.5) is 0 Å². The van der Waals surface area contributed by atoms with E-state index in [0.29, 0.717) is 4.48 Å². The maximum Gasteiger partial charge on any atom is 0.334 e. The number of rotatable bonds is 6. The molecular formula is C11H22INO2. The highest BCUT2D eigenvalue weighted by Gasteiger charge is 2.25. The first-order chi connectivity index (χ1) is 6.44. The van der Waals surface area contributed by atoms with E-state index in [1.807, 2.05) is 6.92 Å². The molecule has 3 nitrogen and oxygen atoms in total. The van der Waals surface area contributed by atoms with Crippen LogP contribution in [0.25, 0.3) is 0 Å². The number of esters is 1. The molecule has 0 bridgehead atoms. The van der Waals surface area contributed by atoms with E-state index in [9.17, 15) is 4.79 Å². The van der Waals surface area contributed by atoms with Crippen LogP contribution in [0.3, 0.4) is 0 Å². The van der Waals surface area contributed by atoms with E-state index >= 15 is 0 Å². The van der Waals surface area contributed by atoms with Gasteiger partial charge in [-0.3, -0.25) is 4.48 Å². The first-order valence-corrected chi connectivity index (χ1v) is 5.09. The minimum Gasteiger partial charge on any atom is -1.00 e. The summed E-state index contributed by atoms with van der Waals surface area (Å²) in [6, 6.07) is 0. The molecule has 0 aromatic rings. The summed E-state index contributed by atoms with van der Waals surface area (Å²) in [6.07, 6.45) is 3.38. The Morgan fingerprint density at radius 2 is 2.07 bits per heavy atom. The molecule has 0 amide bonds. The molecule has 4 heteroatoms.